The van der Waals surface area contributed by atoms with Gasteiger partial charge in [-0.05, 0) is 25.1 Å². The van der Waals surface area contributed by atoms with Gasteiger partial charge in [-0.25, -0.2) is 0 Å². The fourth-order valence-corrected chi connectivity index (χ4v) is 0.773. The number of hydrogen-bond acceptors (Lipinski definition) is 1. The summed E-state index contributed by atoms with van der Waals surface area (Å²) in [5.41, 5.74) is 0. The number of allylic oxidation sites excluding steroid dienone is 3. The van der Waals surface area contributed by atoms with Gasteiger partial charge in [-0.1, -0.05) is 30.4 Å². The molecule has 0 spiro atoms. The van der Waals surface area contributed by atoms with E-state index >= 15 is 0 Å². The van der Waals surface area contributed by atoms with Crippen molar-refractivity contribution >= 4 is 0 Å². The summed E-state index contributed by atoms with van der Waals surface area (Å²) in [7, 11) is 0. The third kappa shape index (κ3) is 3.06. The van der Waals surface area contributed by atoms with Gasteiger partial charge in [-0.15, -0.1) is 0 Å². The molecule has 0 aliphatic carbocycles. The van der Waals surface area contributed by atoms with E-state index in [1.54, 1.807) is 6.26 Å². The molecule has 1 heteroatoms. The predicted molar refractivity (Wildman–Crippen MR) is 51.0 cm³/mol. The van der Waals surface area contributed by atoms with Gasteiger partial charge in [0.05, 0.1) is 6.26 Å². The van der Waals surface area contributed by atoms with Crippen molar-refractivity contribution in [1.82, 2.24) is 0 Å². The molecule has 1 nitrogen and oxygen atoms in total. The van der Waals surface area contributed by atoms with Crippen LogP contribution >= 0.6 is 0 Å². The van der Waals surface area contributed by atoms with Crippen LogP contribution in [0.1, 0.15) is 6.92 Å². The van der Waals surface area contributed by atoms with Gasteiger partial charge in [-0.3, -0.25) is 0 Å². The Bertz CT molecular complexity index is 260. The number of hydrogen-bond donors (Lipinski definition) is 0. The standard InChI is InChI=1S/C11H12O/c1-2-3-7-10-12-11-8-5-4-6-9-11/h2-10H,1H3. The fraction of sp³-hybridized carbons (Fsp3) is 0.0909. The molecule has 0 aliphatic heterocycles. The highest BCUT2D eigenvalue weighted by Crippen LogP contribution is 2.07. The molecule has 1 aromatic rings. The topological polar surface area (TPSA) is 9.23 Å². The Morgan fingerprint density at radius 1 is 1.08 bits per heavy atom. The first-order chi connectivity index (χ1) is 5.93. The Hall–Kier alpha value is -1.50. The van der Waals surface area contributed by atoms with Crippen LogP contribution in [0.5, 0.6) is 5.75 Å². The summed E-state index contributed by atoms with van der Waals surface area (Å²) < 4.78 is 5.28. The van der Waals surface area contributed by atoms with E-state index in [0.29, 0.717) is 0 Å². The highest BCUT2D eigenvalue weighted by atomic mass is 16.5. The summed E-state index contributed by atoms with van der Waals surface area (Å²) in [4.78, 5) is 0. The largest absolute Gasteiger partial charge is 0.465 e. The minimum Gasteiger partial charge on any atom is -0.465 e. The van der Waals surface area contributed by atoms with Gasteiger partial charge in [0.15, 0.2) is 0 Å². The molecule has 1 rings (SSSR count). The molecule has 0 radical (unpaired) electrons. The van der Waals surface area contributed by atoms with Crippen LogP contribution in [-0.2, 0) is 0 Å². The van der Waals surface area contributed by atoms with Gasteiger partial charge < -0.3 is 4.74 Å². The lowest BCUT2D eigenvalue weighted by atomic mass is 10.3. The molecule has 1 aromatic carbocycles. The third-order valence-corrected chi connectivity index (χ3v) is 1.33. The highest BCUT2D eigenvalue weighted by molar-refractivity contribution is 5.22. The molecular formula is C11H12O. The third-order valence-electron chi connectivity index (χ3n) is 1.33. The van der Waals surface area contributed by atoms with E-state index < -0.39 is 0 Å². The maximum absolute atomic E-state index is 5.28. The van der Waals surface area contributed by atoms with Crippen LogP contribution in [0.4, 0.5) is 0 Å². The van der Waals surface area contributed by atoms with Gasteiger partial charge in [0, 0.05) is 0 Å². The minimum absolute atomic E-state index is 0.859. The van der Waals surface area contributed by atoms with E-state index in [0.717, 1.165) is 5.75 Å². The summed E-state index contributed by atoms with van der Waals surface area (Å²) in [5, 5.41) is 0. The van der Waals surface area contributed by atoms with Crippen LogP contribution in [0, 0.1) is 0 Å². The molecule has 0 aliphatic rings. The molecular weight excluding hydrogens is 148 g/mol. The molecule has 0 aromatic heterocycles. The molecule has 0 heterocycles. The van der Waals surface area contributed by atoms with E-state index in [9.17, 15) is 0 Å². The summed E-state index contributed by atoms with van der Waals surface area (Å²) in [5.74, 6) is 0.859. The Kier molecular flexibility index (Phi) is 3.72. The van der Waals surface area contributed by atoms with Crippen LogP contribution in [0.3, 0.4) is 0 Å². The molecule has 0 amide bonds. The minimum atomic E-state index is 0.859. The lowest BCUT2D eigenvalue weighted by Crippen LogP contribution is -1.78. The smallest absolute Gasteiger partial charge is 0.126 e. The molecule has 62 valence electrons. The van der Waals surface area contributed by atoms with E-state index in [2.05, 4.69) is 0 Å². The molecule has 0 atom stereocenters. The summed E-state index contributed by atoms with van der Waals surface area (Å²) in [6.07, 6.45) is 7.39. The Morgan fingerprint density at radius 2 is 1.83 bits per heavy atom. The van der Waals surface area contributed by atoms with Crippen molar-refractivity contribution in [3.8, 4) is 5.75 Å². The second kappa shape index (κ2) is 5.19. The van der Waals surface area contributed by atoms with Gasteiger partial charge in [0.2, 0.25) is 0 Å². The Morgan fingerprint density at radius 3 is 2.50 bits per heavy atom. The summed E-state index contributed by atoms with van der Waals surface area (Å²) in [6, 6.07) is 9.68. The lowest BCUT2D eigenvalue weighted by Gasteiger charge is -1.96. The summed E-state index contributed by atoms with van der Waals surface area (Å²) >= 11 is 0. The SMILES string of the molecule is CC=CC=COc1ccccc1. The number of para-hydroxylation sites is 1. The first kappa shape index (κ1) is 8.60. The Labute approximate surface area is 73.0 Å². The van der Waals surface area contributed by atoms with Gasteiger partial charge in [0.1, 0.15) is 5.75 Å². The monoisotopic (exact) mass is 160 g/mol. The Balaban J connectivity index is 2.43. The van der Waals surface area contributed by atoms with Crippen LogP contribution in [0.15, 0.2) is 54.8 Å². The van der Waals surface area contributed by atoms with E-state index in [-0.39, 0.29) is 0 Å². The summed E-state index contributed by atoms with van der Waals surface area (Å²) in [6.45, 7) is 1.97. The van der Waals surface area contributed by atoms with E-state index in [1.165, 1.54) is 0 Å². The van der Waals surface area contributed by atoms with Crippen molar-refractivity contribution in [2.75, 3.05) is 0 Å². The average Bonchev–Trinajstić information content (AvgIpc) is 2.14. The second-order valence-electron chi connectivity index (χ2n) is 2.29. The maximum atomic E-state index is 5.28. The zero-order valence-corrected chi connectivity index (χ0v) is 7.10. The quantitative estimate of drug-likeness (QED) is 0.487. The van der Waals surface area contributed by atoms with Crippen molar-refractivity contribution in [2.24, 2.45) is 0 Å². The first-order valence-corrected chi connectivity index (χ1v) is 3.93. The molecule has 0 saturated carbocycles. The van der Waals surface area contributed by atoms with Gasteiger partial charge >= 0.3 is 0 Å². The highest BCUT2D eigenvalue weighted by Gasteiger charge is 1.83. The average molecular weight is 160 g/mol. The molecule has 0 fully saturated rings. The zero-order valence-electron chi connectivity index (χ0n) is 7.10. The van der Waals surface area contributed by atoms with Crippen LogP contribution < -0.4 is 4.74 Å². The number of ether oxygens (including phenoxy) is 1. The van der Waals surface area contributed by atoms with Crippen LogP contribution in [0.2, 0.25) is 0 Å². The fourth-order valence-electron chi connectivity index (χ4n) is 0.773. The molecule has 0 unspecified atom stereocenters. The number of benzene rings is 1. The predicted octanol–water partition coefficient (Wildman–Crippen LogP) is 3.16. The molecule has 0 saturated heterocycles. The number of rotatable bonds is 3. The molecule has 12 heavy (non-hydrogen) atoms. The van der Waals surface area contributed by atoms with Crippen molar-refractivity contribution < 1.29 is 4.74 Å². The van der Waals surface area contributed by atoms with Crippen LogP contribution in [0.25, 0.3) is 0 Å². The lowest BCUT2D eigenvalue weighted by molar-refractivity contribution is 0.481. The maximum Gasteiger partial charge on any atom is 0.126 e. The second-order valence-corrected chi connectivity index (χ2v) is 2.29. The van der Waals surface area contributed by atoms with E-state index in [4.69, 9.17) is 4.74 Å². The van der Waals surface area contributed by atoms with Crippen molar-refractivity contribution in [3.05, 3.63) is 54.8 Å². The first-order valence-electron chi connectivity index (χ1n) is 3.93. The van der Waals surface area contributed by atoms with E-state index in [1.807, 2.05) is 55.5 Å². The normalized spacial score (nSPS) is 11.1. The van der Waals surface area contributed by atoms with Gasteiger partial charge in [0.25, 0.3) is 0 Å². The van der Waals surface area contributed by atoms with Crippen LogP contribution in [-0.4, -0.2) is 0 Å². The van der Waals surface area contributed by atoms with Gasteiger partial charge in [-0.2, -0.15) is 0 Å². The molecule has 0 N–H and O–H groups in total. The van der Waals surface area contributed by atoms with Crippen molar-refractivity contribution in [2.45, 2.75) is 6.92 Å². The van der Waals surface area contributed by atoms with Crippen molar-refractivity contribution in [1.29, 1.82) is 0 Å². The van der Waals surface area contributed by atoms with Crippen molar-refractivity contribution in [3.63, 3.8) is 0 Å². The zero-order chi connectivity index (χ0) is 8.65. The molecule has 0 bridgehead atoms.